The minimum absolute atomic E-state index is 0.00194. The second-order valence-electron chi connectivity index (χ2n) is 7.63. The van der Waals surface area contributed by atoms with Gasteiger partial charge in [0.15, 0.2) is 6.61 Å². The molecule has 0 aromatic heterocycles. The number of amides is 2. The molecule has 160 valence electrons. The molecule has 3 rings (SSSR count). The van der Waals surface area contributed by atoms with Crippen molar-refractivity contribution in [2.75, 3.05) is 18.5 Å². The van der Waals surface area contributed by atoms with Gasteiger partial charge in [-0.1, -0.05) is 12.1 Å². The molecule has 2 aromatic rings. The van der Waals surface area contributed by atoms with Gasteiger partial charge in [-0.2, -0.15) is 0 Å². The van der Waals surface area contributed by atoms with Gasteiger partial charge in [-0.05, 0) is 76.4 Å². The summed E-state index contributed by atoms with van der Waals surface area (Å²) in [4.78, 5) is 27.1. The van der Waals surface area contributed by atoms with Crippen LogP contribution in [0.1, 0.15) is 50.4 Å². The predicted octanol–water partition coefficient (Wildman–Crippen LogP) is 4.51. The maximum Gasteiger partial charge on any atom is 0.260 e. The fraction of sp³-hybridized carbons (Fsp3) is 0.417. The summed E-state index contributed by atoms with van der Waals surface area (Å²) in [6.07, 6.45) is 3.23. The molecule has 1 aliphatic heterocycles. The Morgan fingerprint density at radius 1 is 1.00 bits per heavy atom. The van der Waals surface area contributed by atoms with Crippen LogP contribution in [0.3, 0.4) is 0 Å². The Bertz CT molecular complexity index is 856. The molecule has 1 fully saturated rings. The van der Waals surface area contributed by atoms with Crippen molar-refractivity contribution in [3.63, 3.8) is 0 Å². The van der Waals surface area contributed by atoms with E-state index in [1.54, 1.807) is 30.3 Å². The molecule has 1 N–H and O–H groups in total. The summed E-state index contributed by atoms with van der Waals surface area (Å²) in [5.41, 5.74) is 1.12. The van der Waals surface area contributed by atoms with Crippen molar-refractivity contribution in [3.05, 3.63) is 54.1 Å². The minimum atomic E-state index is -0.235. The highest BCUT2D eigenvalue weighted by molar-refractivity contribution is 6.05. The van der Waals surface area contributed by atoms with E-state index in [-0.39, 0.29) is 30.5 Å². The monoisotopic (exact) mass is 410 g/mol. The Balaban J connectivity index is 1.57. The molecule has 0 unspecified atom stereocenters. The maximum atomic E-state index is 12.6. The van der Waals surface area contributed by atoms with Crippen LogP contribution in [0.15, 0.2) is 48.5 Å². The first-order chi connectivity index (χ1) is 14.5. The van der Waals surface area contributed by atoms with Gasteiger partial charge in [0, 0.05) is 17.6 Å². The maximum absolute atomic E-state index is 12.6. The molecule has 2 aromatic carbocycles. The lowest BCUT2D eigenvalue weighted by molar-refractivity contribution is -0.139. The number of ether oxygens (including phenoxy) is 2. The molecule has 6 nitrogen and oxygen atoms in total. The number of anilines is 1. The van der Waals surface area contributed by atoms with Crippen molar-refractivity contribution < 1.29 is 19.1 Å². The lowest BCUT2D eigenvalue weighted by Crippen LogP contribution is -2.49. The number of nitrogens with zero attached hydrogens (tertiary/aromatic N) is 1. The van der Waals surface area contributed by atoms with Gasteiger partial charge in [0.1, 0.15) is 11.5 Å². The average Bonchev–Trinajstić information content (AvgIpc) is 2.74. The van der Waals surface area contributed by atoms with E-state index in [2.05, 4.69) is 19.2 Å². The highest BCUT2D eigenvalue weighted by Gasteiger charge is 2.28. The van der Waals surface area contributed by atoms with Crippen LogP contribution in [0.5, 0.6) is 11.5 Å². The summed E-state index contributed by atoms with van der Waals surface area (Å²) in [7, 11) is 0. The van der Waals surface area contributed by atoms with Gasteiger partial charge in [0.2, 0.25) is 0 Å². The SMILES string of the molecule is CCOc1ccccc1NC(=O)c1ccc(OCC(=O)N2[C@H](C)CCC[C@H]2C)cc1. The van der Waals surface area contributed by atoms with Crippen LogP contribution in [-0.4, -0.2) is 42.0 Å². The third-order valence-corrected chi connectivity index (χ3v) is 5.40. The zero-order chi connectivity index (χ0) is 21.5. The van der Waals surface area contributed by atoms with Gasteiger partial charge in [-0.3, -0.25) is 9.59 Å². The fourth-order valence-corrected chi connectivity index (χ4v) is 3.88. The quantitative estimate of drug-likeness (QED) is 0.729. The zero-order valence-corrected chi connectivity index (χ0v) is 17.9. The summed E-state index contributed by atoms with van der Waals surface area (Å²) in [6.45, 7) is 6.60. The Morgan fingerprint density at radius 3 is 2.33 bits per heavy atom. The second-order valence-corrected chi connectivity index (χ2v) is 7.63. The number of benzene rings is 2. The molecule has 2 atom stereocenters. The molecule has 0 radical (unpaired) electrons. The number of likely N-dealkylation sites (tertiary alicyclic amines) is 1. The minimum Gasteiger partial charge on any atom is -0.492 e. The molecule has 0 aliphatic carbocycles. The number of hydrogen-bond acceptors (Lipinski definition) is 4. The first kappa shape index (κ1) is 21.7. The molecule has 0 spiro atoms. The largest absolute Gasteiger partial charge is 0.492 e. The van der Waals surface area contributed by atoms with E-state index in [1.807, 2.05) is 30.0 Å². The zero-order valence-electron chi connectivity index (χ0n) is 17.9. The average molecular weight is 411 g/mol. The molecule has 2 amide bonds. The number of carbonyl (C=O) groups is 2. The summed E-state index contributed by atoms with van der Waals surface area (Å²) in [5, 5.41) is 2.87. The number of para-hydroxylation sites is 2. The van der Waals surface area contributed by atoms with Crippen LogP contribution in [0.2, 0.25) is 0 Å². The van der Waals surface area contributed by atoms with Gasteiger partial charge in [-0.25, -0.2) is 0 Å². The van der Waals surface area contributed by atoms with Gasteiger partial charge in [0.05, 0.1) is 12.3 Å². The van der Waals surface area contributed by atoms with Crippen molar-refractivity contribution in [3.8, 4) is 11.5 Å². The summed E-state index contributed by atoms with van der Waals surface area (Å²) >= 11 is 0. The summed E-state index contributed by atoms with van der Waals surface area (Å²) < 4.78 is 11.2. The summed E-state index contributed by atoms with van der Waals surface area (Å²) in [6, 6.07) is 14.6. The van der Waals surface area contributed by atoms with Crippen molar-refractivity contribution in [1.82, 2.24) is 4.90 Å². The van der Waals surface area contributed by atoms with Crippen LogP contribution in [0.4, 0.5) is 5.69 Å². The number of hydrogen-bond donors (Lipinski definition) is 1. The molecule has 6 heteroatoms. The molecule has 0 saturated carbocycles. The first-order valence-electron chi connectivity index (χ1n) is 10.6. The van der Waals surface area contributed by atoms with Gasteiger partial charge < -0.3 is 19.7 Å². The van der Waals surface area contributed by atoms with Crippen LogP contribution < -0.4 is 14.8 Å². The van der Waals surface area contributed by atoms with E-state index in [4.69, 9.17) is 9.47 Å². The molecule has 1 aliphatic rings. The molecule has 1 heterocycles. The molecule has 30 heavy (non-hydrogen) atoms. The second kappa shape index (κ2) is 10.1. The Morgan fingerprint density at radius 2 is 1.67 bits per heavy atom. The van der Waals surface area contributed by atoms with Crippen molar-refractivity contribution in [2.45, 2.75) is 52.1 Å². The normalized spacial score (nSPS) is 18.6. The molecule has 0 bridgehead atoms. The topological polar surface area (TPSA) is 67.9 Å². The van der Waals surface area contributed by atoms with E-state index in [0.29, 0.717) is 29.4 Å². The van der Waals surface area contributed by atoms with Crippen molar-refractivity contribution in [1.29, 1.82) is 0 Å². The molecule has 1 saturated heterocycles. The van der Waals surface area contributed by atoms with Crippen LogP contribution in [0.25, 0.3) is 0 Å². The molecular weight excluding hydrogens is 380 g/mol. The fourth-order valence-electron chi connectivity index (χ4n) is 3.88. The third kappa shape index (κ3) is 5.32. The number of carbonyl (C=O) groups excluding carboxylic acids is 2. The molecular formula is C24H30N2O4. The lowest BCUT2D eigenvalue weighted by atomic mass is 9.97. The highest BCUT2D eigenvalue weighted by Crippen LogP contribution is 2.25. The predicted molar refractivity (Wildman–Crippen MR) is 117 cm³/mol. The van der Waals surface area contributed by atoms with Gasteiger partial charge in [0.25, 0.3) is 11.8 Å². The van der Waals surface area contributed by atoms with Crippen molar-refractivity contribution in [2.24, 2.45) is 0 Å². The highest BCUT2D eigenvalue weighted by atomic mass is 16.5. The van der Waals surface area contributed by atoms with Gasteiger partial charge in [-0.15, -0.1) is 0 Å². The smallest absolute Gasteiger partial charge is 0.260 e. The number of piperidine rings is 1. The Kier molecular flexibility index (Phi) is 7.33. The third-order valence-electron chi connectivity index (χ3n) is 5.40. The van der Waals surface area contributed by atoms with E-state index in [1.165, 1.54) is 0 Å². The van der Waals surface area contributed by atoms with Crippen LogP contribution in [-0.2, 0) is 4.79 Å². The first-order valence-corrected chi connectivity index (χ1v) is 10.6. The van der Waals surface area contributed by atoms with E-state index in [9.17, 15) is 9.59 Å². The lowest BCUT2D eigenvalue weighted by Gasteiger charge is -2.38. The van der Waals surface area contributed by atoms with Crippen LogP contribution in [0, 0.1) is 0 Å². The van der Waals surface area contributed by atoms with Crippen molar-refractivity contribution >= 4 is 17.5 Å². The van der Waals surface area contributed by atoms with E-state index >= 15 is 0 Å². The van der Waals surface area contributed by atoms with Gasteiger partial charge >= 0.3 is 0 Å². The Hall–Kier alpha value is -3.02. The standard InChI is InChI=1S/C24H30N2O4/c1-4-29-22-11-6-5-10-21(22)25-24(28)19-12-14-20(15-13-19)30-16-23(27)26-17(2)8-7-9-18(26)3/h5-6,10-15,17-18H,4,7-9,16H2,1-3H3,(H,25,28)/t17-,18-/m1/s1. The van der Waals surface area contributed by atoms with Crippen LogP contribution >= 0.6 is 0 Å². The van der Waals surface area contributed by atoms with E-state index < -0.39 is 0 Å². The number of rotatable bonds is 7. The van der Waals surface area contributed by atoms with E-state index in [0.717, 1.165) is 19.3 Å². The number of nitrogens with one attached hydrogen (secondary N) is 1. The summed E-state index contributed by atoms with van der Waals surface area (Å²) in [5.74, 6) is 0.963. The Labute approximate surface area is 178 Å².